The molecule has 1 saturated heterocycles. The van der Waals surface area contributed by atoms with E-state index in [1.165, 1.54) is 12.1 Å². The van der Waals surface area contributed by atoms with Crippen molar-refractivity contribution in [1.29, 1.82) is 0 Å². The van der Waals surface area contributed by atoms with E-state index in [2.05, 4.69) is 17.1 Å². The van der Waals surface area contributed by atoms with Crippen molar-refractivity contribution in [3.8, 4) is 0 Å². The van der Waals surface area contributed by atoms with E-state index < -0.39 is 10.7 Å². The summed E-state index contributed by atoms with van der Waals surface area (Å²) < 4.78 is 14.0. The molecule has 0 spiro atoms. The highest BCUT2D eigenvalue weighted by Gasteiger charge is 2.22. The Labute approximate surface area is 136 Å². The first-order valence-electron chi connectivity index (χ1n) is 7.49. The molecule has 0 atom stereocenters. The minimum atomic E-state index is -0.566. The summed E-state index contributed by atoms with van der Waals surface area (Å²) in [5.74, 6) is -0.487. The SMILES string of the molecule is CCCN(Cc1ccc([N+](=O)[O-])cc1F)C1CCNCC1.Cl. The second kappa shape index (κ2) is 9.02. The van der Waals surface area contributed by atoms with E-state index in [1.54, 1.807) is 0 Å². The molecule has 5 nitrogen and oxygen atoms in total. The van der Waals surface area contributed by atoms with E-state index in [-0.39, 0.29) is 18.1 Å². The number of halogens is 2. The average molecular weight is 332 g/mol. The quantitative estimate of drug-likeness (QED) is 0.642. The molecule has 1 aromatic carbocycles. The molecule has 1 aliphatic rings. The first-order chi connectivity index (χ1) is 10.1. The molecule has 22 heavy (non-hydrogen) atoms. The van der Waals surface area contributed by atoms with Crippen molar-refractivity contribution in [2.75, 3.05) is 19.6 Å². The van der Waals surface area contributed by atoms with Gasteiger partial charge < -0.3 is 5.32 Å². The third kappa shape index (κ3) is 4.90. The number of nitro benzene ring substituents is 1. The lowest BCUT2D eigenvalue weighted by atomic mass is 10.0. The highest BCUT2D eigenvalue weighted by molar-refractivity contribution is 5.85. The summed E-state index contributed by atoms with van der Waals surface area (Å²) in [7, 11) is 0. The fraction of sp³-hybridized carbons (Fsp3) is 0.600. The van der Waals surface area contributed by atoms with Gasteiger partial charge in [0.1, 0.15) is 5.82 Å². The van der Waals surface area contributed by atoms with Gasteiger partial charge in [-0.1, -0.05) is 6.92 Å². The highest BCUT2D eigenvalue weighted by Crippen LogP contribution is 2.21. The van der Waals surface area contributed by atoms with E-state index >= 15 is 0 Å². The molecule has 0 unspecified atom stereocenters. The molecule has 1 fully saturated rings. The largest absolute Gasteiger partial charge is 0.317 e. The Morgan fingerprint density at radius 2 is 2.09 bits per heavy atom. The Hall–Kier alpha value is -1.24. The third-order valence-corrected chi connectivity index (χ3v) is 3.96. The predicted molar refractivity (Wildman–Crippen MR) is 86.9 cm³/mol. The molecule has 7 heteroatoms. The zero-order chi connectivity index (χ0) is 15.2. The van der Waals surface area contributed by atoms with Crippen molar-refractivity contribution in [2.24, 2.45) is 0 Å². The zero-order valence-electron chi connectivity index (χ0n) is 12.8. The molecular weight excluding hydrogens is 309 g/mol. The molecule has 1 heterocycles. The number of rotatable bonds is 6. The van der Waals surface area contributed by atoms with Crippen LogP contribution in [0.4, 0.5) is 10.1 Å². The molecule has 0 amide bonds. The van der Waals surface area contributed by atoms with Crippen LogP contribution in [0.2, 0.25) is 0 Å². The van der Waals surface area contributed by atoms with Crippen molar-refractivity contribution < 1.29 is 9.31 Å². The normalized spacial score (nSPS) is 15.6. The van der Waals surface area contributed by atoms with Crippen LogP contribution in [0.1, 0.15) is 31.7 Å². The van der Waals surface area contributed by atoms with Crippen molar-refractivity contribution in [2.45, 2.75) is 38.8 Å². The topological polar surface area (TPSA) is 58.4 Å². The molecule has 0 radical (unpaired) electrons. The van der Waals surface area contributed by atoms with Gasteiger partial charge in [-0.2, -0.15) is 0 Å². The highest BCUT2D eigenvalue weighted by atomic mass is 35.5. The molecule has 2 rings (SSSR count). The molecule has 0 saturated carbocycles. The van der Waals surface area contributed by atoms with E-state index in [0.717, 1.165) is 45.0 Å². The Morgan fingerprint density at radius 3 is 2.64 bits per heavy atom. The lowest BCUT2D eigenvalue weighted by Gasteiger charge is -2.34. The summed E-state index contributed by atoms with van der Waals surface area (Å²) in [6.07, 6.45) is 3.14. The number of benzene rings is 1. The number of hydrogen-bond donors (Lipinski definition) is 1. The van der Waals surface area contributed by atoms with Crippen LogP contribution in [-0.4, -0.2) is 35.5 Å². The number of piperidine rings is 1. The summed E-state index contributed by atoms with van der Waals surface area (Å²) in [4.78, 5) is 12.4. The molecule has 1 N–H and O–H groups in total. The molecule has 1 aromatic rings. The van der Waals surface area contributed by atoms with Crippen molar-refractivity contribution in [3.63, 3.8) is 0 Å². The van der Waals surface area contributed by atoms with Gasteiger partial charge in [-0.25, -0.2) is 4.39 Å². The monoisotopic (exact) mass is 331 g/mol. The molecule has 0 aromatic heterocycles. The van der Waals surface area contributed by atoms with Gasteiger partial charge in [0.2, 0.25) is 0 Å². The number of hydrogen-bond acceptors (Lipinski definition) is 4. The van der Waals surface area contributed by atoms with Crippen molar-refractivity contribution in [1.82, 2.24) is 10.2 Å². The summed E-state index contributed by atoms with van der Waals surface area (Å²) in [6, 6.07) is 4.39. The van der Waals surface area contributed by atoms with Gasteiger partial charge in [0.25, 0.3) is 5.69 Å². The van der Waals surface area contributed by atoms with Gasteiger partial charge in [0.15, 0.2) is 0 Å². The van der Waals surface area contributed by atoms with E-state index in [4.69, 9.17) is 0 Å². The zero-order valence-corrected chi connectivity index (χ0v) is 13.6. The van der Waals surface area contributed by atoms with Gasteiger partial charge in [0.05, 0.1) is 11.0 Å². The molecular formula is C15H23ClFN3O2. The first-order valence-corrected chi connectivity index (χ1v) is 7.49. The summed E-state index contributed by atoms with van der Waals surface area (Å²) in [5.41, 5.74) is 0.341. The van der Waals surface area contributed by atoms with Crippen molar-refractivity contribution in [3.05, 3.63) is 39.7 Å². The number of nitro groups is 1. The van der Waals surface area contributed by atoms with Crippen LogP contribution < -0.4 is 5.32 Å². The third-order valence-electron chi connectivity index (χ3n) is 3.96. The van der Waals surface area contributed by atoms with Crippen LogP contribution in [0.15, 0.2) is 18.2 Å². The predicted octanol–water partition coefficient (Wildman–Crippen LogP) is 3.12. The average Bonchev–Trinajstić information content (AvgIpc) is 2.49. The van der Waals surface area contributed by atoms with Gasteiger partial charge >= 0.3 is 0 Å². The fourth-order valence-corrected chi connectivity index (χ4v) is 2.85. The lowest BCUT2D eigenvalue weighted by Crippen LogP contribution is -2.43. The van der Waals surface area contributed by atoms with Crippen LogP contribution in [0, 0.1) is 15.9 Å². The maximum atomic E-state index is 14.0. The maximum Gasteiger partial charge on any atom is 0.272 e. The molecule has 124 valence electrons. The smallest absolute Gasteiger partial charge is 0.272 e. The first kappa shape index (κ1) is 18.8. The van der Waals surface area contributed by atoms with Gasteiger partial charge in [-0.05, 0) is 45.0 Å². The minimum Gasteiger partial charge on any atom is -0.317 e. The van der Waals surface area contributed by atoms with Crippen LogP contribution in [0.25, 0.3) is 0 Å². The Bertz CT molecular complexity index is 496. The summed E-state index contributed by atoms with van der Waals surface area (Å²) >= 11 is 0. The maximum absolute atomic E-state index is 14.0. The minimum absolute atomic E-state index is 0. The second-order valence-electron chi connectivity index (χ2n) is 5.48. The van der Waals surface area contributed by atoms with Gasteiger partial charge in [0, 0.05) is 24.2 Å². The lowest BCUT2D eigenvalue weighted by molar-refractivity contribution is -0.385. The number of nitrogens with zero attached hydrogens (tertiary/aromatic N) is 2. The molecule has 0 bridgehead atoms. The van der Waals surface area contributed by atoms with E-state index in [1.807, 2.05) is 0 Å². The van der Waals surface area contributed by atoms with E-state index in [0.29, 0.717) is 18.2 Å². The van der Waals surface area contributed by atoms with Crippen LogP contribution in [0.5, 0.6) is 0 Å². The summed E-state index contributed by atoms with van der Waals surface area (Å²) in [6.45, 7) is 5.53. The number of nitrogens with one attached hydrogen (secondary N) is 1. The Morgan fingerprint density at radius 1 is 1.41 bits per heavy atom. The standard InChI is InChI=1S/C15H22FN3O2.ClH/c1-2-9-18(13-5-7-17-8-6-13)11-12-3-4-14(19(20)21)10-15(12)16;/h3-4,10,13,17H,2,5-9,11H2,1H3;1H. The number of non-ortho nitro benzene ring substituents is 1. The molecule has 0 aliphatic carbocycles. The van der Waals surface area contributed by atoms with E-state index in [9.17, 15) is 14.5 Å². The second-order valence-corrected chi connectivity index (χ2v) is 5.48. The van der Waals surface area contributed by atoms with Gasteiger partial charge in [-0.15, -0.1) is 12.4 Å². The fourth-order valence-electron chi connectivity index (χ4n) is 2.85. The van der Waals surface area contributed by atoms with Crippen molar-refractivity contribution >= 4 is 18.1 Å². The van der Waals surface area contributed by atoms with Crippen LogP contribution >= 0.6 is 12.4 Å². The van der Waals surface area contributed by atoms with Gasteiger partial charge in [-0.3, -0.25) is 15.0 Å². The van der Waals surface area contributed by atoms with Crippen LogP contribution in [-0.2, 0) is 6.54 Å². The Balaban J connectivity index is 0.00000242. The molecule has 1 aliphatic heterocycles. The summed E-state index contributed by atoms with van der Waals surface area (Å²) in [5, 5.41) is 14.0. The Kier molecular flexibility index (Phi) is 7.72. The van der Waals surface area contributed by atoms with Crippen LogP contribution in [0.3, 0.4) is 0 Å².